The molecule has 3 aromatic rings. The molecule has 1 aromatic carbocycles. The van der Waals surface area contributed by atoms with Gasteiger partial charge in [0.2, 0.25) is 0 Å². The molecule has 138 valence electrons. The molecule has 0 radical (unpaired) electrons. The zero-order valence-corrected chi connectivity index (χ0v) is 13.3. The first-order valence-corrected chi connectivity index (χ1v) is 7.34. The van der Waals surface area contributed by atoms with Crippen LogP contribution in [0, 0.1) is 0 Å². The molecule has 0 aliphatic rings. The summed E-state index contributed by atoms with van der Waals surface area (Å²) >= 11 is 5.77. The molecule has 0 bridgehead atoms. The van der Waals surface area contributed by atoms with Crippen molar-refractivity contribution < 1.29 is 31.1 Å². The number of para-hydroxylation sites is 1. The van der Waals surface area contributed by atoms with E-state index >= 15 is 0 Å². The molecule has 0 amide bonds. The highest BCUT2D eigenvalue weighted by molar-refractivity contribution is 6.33. The lowest BCUT2D eigenvalue weighted by Crippen LogP contribution is -2.11. The molecular weight excluding hydrogens is 388 g/mol. The fraction of sp³-hybridized carbons (Fsp3) is 0.200. The minimum absolute atomic E-state index is 0.0672. The van der Waals surface area contributed by atoms with Gasteiger partial charge in [0.25, 0.3) is 0 Å². The summed E-state index contributed by atoms with van der Waals surface area (Å²) in [4.78, 5) is 0. The second kappa shape index (κ2) is 6.35. The number of nitrogens with zero attached hydrogens (tertiary/aromatic N) is 3. The maximum absolute atomic E-state index is 12.9. The zero-order chi connectivity index (χ0) is 19.1. The number of hydrogen-bond donors (Lipinski definition) is 0. The third-order valence-electron chi connectivity index (χ3n) is 3.41. The normalized spacial score (nSPS) is 12.6. The van der Waals surface area contributed by atoms with Crippen molar-refractivity contribution in [1.82, 2.24) is 14.6 Å². The van der Waals surface area contributed by atoms with Crippen molar-refractivity contribution in [3.63, 3.8) is 0 Å². The summed E-state index contributed by atoms with van der Waals surface area (Å²) in [5.74, 6) is -0.611. The van der Waals surface area contributed by atoms with E-state index in [0.717, 1.165) is 16.5 Å². The average Bonchev–Trinajstić information content (AvgIpc) is 2.95. The van der Waals surface area contributed by atoms with E-state index in [1.807, 2.05) is 0 Å². The van der Waals surface area contributed by atoms with E-state index < -0.39 is 35.8 Å². The average molecular weight is 396 g/mol. The molecule has 0 unspecified atom stereocenters. The highest BCUT2D eigenvalue weighted by Gasteiger charge is 2.34. The van der Waals surface area contributed by atoms with Gasteiger partial charge in [0.15, 0.2) is 11.5 Å². The summed E-state index contributed by atoms with van der Waals surface area (Å²) in [6.45, 7) is -0.536. The van der Waals surface area contributed by atoms with Crippen LogP contribution >= 0.6 is 11.6 Å². The fourth-order valence-electron chi connectivity index (χ4n) is 2.22. The van der Waals surface area contributed by atoms with E-state index in [4.69, 9.17) is 16.3 Å². The van der Waals surface area contributed by atoms with Gasteiger partial charge in [-0.2, -0.15) is 26.3 Å². The smallest absolute Gasteiger partial charge is 0.419 e. The molecule has 0 spiro atoms. The first-order chi connectivity index (χ1) is 12.1. The lowest BCUT2D eigenvalue weighted by molar-refractivity contribution is -0.139. The van der Waals surface area contributed by atoms with Gasteiger partial charge in [0.1, 0.15) is 12.4 Å². The van der Waals surface area contributed by atoms with Crippen LogP contribution in [0.15, 0.2) is 36.5 Å². The number of fused-ring (bicyclic) bond motifs is 1. The molecule has 26 heavy (non-hydrogen) atoms. The van der Waals surface area contributed by atoms with Gasteiger partial charge in [-0.05, 0) is 18.2 Å². The number of halogens is 7. The number of hydrogen-bond acceptors (Lipinski definition) is 3. The van der Waals surface area contributed by atoms with Crippen LogP contribution < -0.4 is 4.74 Å². The summed E-state index contributed by atoms with van der Waals surface area (Å²) in [5, 5.41) is 6.98. The molecule has 2 aromatic heterocycles. The van der Waals surface area contributed by atoms with Crippen LogP contribution in [0.25, 0.3) is 5.65 Å². The van der Waals surface area contributed by atoms with Gasteiger partial charge in [-0.3, -0.25) is 4.40 Å². The van der Waals surface area contributed by atoms with Crippen LogP contribution in [0.3, 0.4) is 0 Å². The highest BCUT2D eigenvalue weighted by Crippen LogP contribution is 2.36. The van der Waals surface area contributed by atoms with Crippen LogP contribution in [-0.2, 0) is 19.0 Å². The van der Waals surface area contributed by atoms with Gasteiger partial charge in [-0.25, -0.2) is 0 Å². The van der Waals surface area contributed by atoms with Gasteiger partial charge < -0.3 is 4.74 Å². The van der Waals surface area contributed by atoms with Crippen LogP contribution in [-0.4, -0.2) is 14.6 Å². The largest absolute Gasteiger partial charge is 0.485 e. The van der Waals surface area contributed by atoms with Crippen molar-refractivity contribution in [2.75, 3.05) is 0 Å². The van der Waals surface area contributed by atoms with Gasteiger partial charge in [-0.1, -0.05) is 23.7 Å². The van der Waals surface area contributed by atoms with Gasteiger partial charge in [-0.15, -0.1) is 10.2 Å². The molecule has 0 aliphatic heterocycles. The van der Waals surface area contributed by atoms with Crippen molar-refractivity contribution in [2.45, 2.75) is 19.0 Å². The molecule has 2 heterocycles. The number of benzene rings is 1. The Morgan fingerprint density at radius 2 is 1.69 bits per heavy atom. The first kappa shape index (κ1) is 18.3. The van der Waals surface area contributed by atoms with Crippen molar-refractivity contribution in [3.8, 4) is 5.75 Å². The van der Waals surface area contributed by atoms with Gasteiger partial charge >= 0.3 is 12.4 Å². The second-order valence-electron chi connectivity index (χ2n) is 5.17. The van der Waals surface area contributed by atoms with E-state index in [-0.39, 0.29) is 16.5 Å². The maximum Gasteiger partial charge on any atom is 0.419 e. The maximum atomic E-state index is 12.9. The van der Waals surface area contributed by atoms with E-state index in [2.05, 4.69) is 10.2 Å². The molecule has 0 saturated heterocycles. The number of pyridine rings is 1. The van der Waals surface area contributed by atoms with Crippen LogP contribution in [0.5, 0.6) is 5.75 Å². The lowest BCUT2D eigenvalue weighted by Gasteiger charge is -2.13. The van der Waals surface area contributed by atoms with Crippen molar-refractivity contribution in [2.24, 2.45) is 0 Å². The molecular formula is C15H8ClF6N3O. The Kier molecular flexibility index (Phi) is 4.47. The molecule has 0 fully saturated rings. The monoisotopic (exact) mass is 395 g/mol. The molecule has 0 saturated carbocycles. The Balaban J connectivity index is 1.95. The molecule has 11 heteroatoms. The minimum Gasteiger partial charge on any atom is -0.485 e. The number of aromatic nitrogens is 3. The van der Waals surface area contributed by atoms with Crippen molar-refractivity contribution in [1.29, 1.82) is 0 Å². The third-order valence-corrected chi connectivity index (χ3v) is 3.69. The van der Waals surface area contributed by atoms with E-state index in [1.165, 1.54) is 12.1 Å². The van der Waals surface area contributed by atoms with Crippen molar-refractivity contribution in [3.05, 3.63) is 58.5 Å². The Labute approximate surface area is 147 Å². The van der Waals surface area contributed by atoms with Crippen LogP contribution in [0.2, 0.25) is 5.02 Å². The molecule has 4 nitrogen and oxygen atoms in total. The number of rotatable bonds is 3. The summed E-state index contributed by atoms with van der Waals surface area (Å²) < 4.78 is 83.6. The Hall–Kier alpha value is -2.49. The van der Waals surface area contributed by atoms with E-state index in [9.17, 15) is 26.3 Å². The standard InChI is InChI=1S/C15H8ClF6N3O/c16-10-5-8(14(17,18)19)6-25-12(23-24-13(10)25)7-26-11-4-2-1-3-9(11)15(20,21)22/h1-6H,7H2. The number of alkyl halides is 6. The summed E-state index contributed by atoms with van der Waals surface area (Å²) in [7, 11) is 0. The summed E-state index contributed by atoms with van der Waals surface area (Å²) in [6.07, 6.45) is -8.60. The van der Waals surface area contributed by atoms with E-state index in [1.54, 1.807) is 0 Å². The molecule has 0 aliphatic carbocycles. The Bertz CT molecular complexity index is 951. The second-order valence-corrected chi connectivity index (χ2v) is 5.57. The molecule has 0 N–H and O–H groups in total. The zero-order valence-electron chi connectivity index (χ0n) is 12.6. The SMILES string of the molecule is FC(F)(F)c1cc(Cl)c2nnc(COc3ccccc3C(F)(F)F)n2c1. The quantitative estimate of drug-likeness (QED) is 0.586. The van der Waals surface area contributed by atoms with Gasteiger partial charge in [0.05, 0.1) is 16.1 Å². The summed E-state index contributed by atoms with van der Waals surface area (Å²) in [6, 6.07) is 5.15. The first-order valence-electron chi connectivity index (χ1n) is 6.97. The predicted octanol–water partition coefficient (Wildman–Crippen LogP) is 5.00. The van der Waals surface area contributed by atoms with E-state index in [0.29, 0.717) is 12.3 Å². The van der Waals surface area contributed by atoms with Gasteiger partial charge in [0, 0.05) is 6.20 Å². The Morgan fingerprint density at radius 3 is 2.35 bits per heavy atom. The van der Waals surface area contributed by atoms with Crippen molar-refractivity contribution >= 4 is 17.2 Å². The van der Waals surface area contributed by atoms with Crippen LogP contribution in [0.4, 0.5) is 26.3 Å². The fourth-order valence-corrected chi connectivity index (χ4v) is 2.47. The predicted molar refractivity (Wildman–Crippen MR) is 78.8 cm³/mol. The number of ether oxygens (including phenoxy) is 1. The topological polar surface area (TPSA) is 39.4 Å². The van der Waals surface area contributed by atoms with Crippen LogP contribution in [0.1, 0.15) is 17.0 Å². The Morgan fingerprint density at radius 1 is 1.00 bits per heavy atom. The molecule has 0 atom stereocenters. The minimum atomic E-state index is -4.66. The molecule has 3 rings (SSSR count). The highest BCUT2D eigenvalue weighted by atomic mass is 35.5. The lowest BCUT2D eigenvalue weighted by atomic mass is 10.2. The third kappa shape index (κ3) is 3.55. The summed E-state index contributed by atoms with van der Waals surface area (Å²) in [5.41, 5.74) is -2.13.